The molecule has 0 bridgehead atoms. The quantitative estimate of drug-likeness (QED) is 0.786. The fourth-order valence-corrected chi connectivity index (χ4v) is 3.61. The van der Waals surface area contributed by atoms with Gasteiger partial charge in [-0.05, 0) is 52.6 Å². The maximum atomic E-state index is 6.09. The van der Waals surface area contributed by atoms with Gasteiger partial charge in [-0.3, -0.25) is 4.99 Å². The molecule has 5 rings (SSSR count). The van der Waals surface area contributed by atoms with E-state index in [0.29, 0.717) is 6.61 Å². The number of benzene rings is 2. The first-order valence-electron chi connectivity index (χ1n) is 8.97. The van der Waals surface area contributed by atoms with Crippen molar-refractivity contribution in [3.05, 3.63) is 83.1 Å². The van der Waals surface area contributed by atoms with Crippen LogP contribution in [0.15, 0.2) is 65.8 Å². The third kappa shape index (κ3) is 2.76. The number of hydrogen-bond acceptors (Lipinski definition) is 3. The van der Waals surface area contributed by atoms with Crippen LogP contribution in [0.1, 0.15) is 28.2 Å². The van der Waals surface area contributed by atoms with Gasteiger partial charge >= 0.3 is 0 Å². The van der Waals surface area contributed by atoms with Crippen LogP contribution >= 0.6 is 0 Å². The predicted octanol–water partition coefficient (Wildman–Crippen LogP) is 4.79. The molecule has 3 aliphatic rings. The van der Waals surface area contributed by atoms with E-state index < -0.39 is 0 Å². The number of hydrogen-bond donors (Lipinski definition) is 0. The lowest BCUT2D eigenvalue weighted by atomic mass is 9.94. The molecule has 3 heteroatoms. The molecule has 0 fully saturated rings. The van der Waals surface area contributed by atoms with Crippen LogP contribution in [0.5, 0.6) is 11.5 Å². The Morgan fingerprint density at radius 3 is 2.96 bits per heavy atom. The van der Waals surface area contributed by atoms with E-state index in [0.717, 1.165) is 30.1 Å². The van der Waals surface area contributed by atoms with E-state index in [1.54, 1.807) is 0 Å². The van der Waals surface area contributed by atoms with Gasteiger partial charge in [-0.2, -0.15) is 0 Å². The van der Waals surface area contributed by atoms with Gasteiger partial charge in [-0.25, -0.2) is 0 Å². The summed E-state index contributed by atoms with van der Waals surface area (Å²) in [6.07, 6.45) is 13.1. The minimum Gasteiger partial charge on any atom is -0.493 e. The first kappa shape index (κ1) is 15.2. The van der Waals surface area contributed by atoms with E-state index >= 15 is 0 Å². The molecule has 128 valence electrons. The van der Waals surface area contributed by atoms with Gasteiger partial charge in [-0.15, -0.1) is 0 Å². The Morgan fingerprint density at radius 1 is 0.962 bits per heavy atom. The highest BCUT2D eigenvalue weighted by molar-refractivity contribution is 5.86. The molecule has 0 N–H and O–H groups in total. The summed E-state index contributed by atoms with van der Waals surface area (Å²) in [6.45, 7) is 1.38. The van der Waals surface area contributed by atoms with Gasteiger partial charge in [0.05, 0.1) is 6.61 Å². The third-order valence-corrected chi connectivity index (χ3v) is 5.04. The molecule has 3 heterocycles. The SMILES string of the molecule is C1=CN=CC(c2ccc3c(c2)OCC(c2ccc4c(c2)CCO4)=C3)C=C1. The maximum Gasteiger partial charge on any atom is 0.127 e. The van der Waals surface area contributed by atoms with E-state index in [2.05, 4.69) is 53.5 Å². The van der Waals surface area contributed by atoms with E-state index in [1.165, 1.54) is 22.3 Å². The molecule has 3 aliphatic heterocycles. The van der Waals surface area contributed by atoms with E-state index in [4.69, 9.17) is 9.47 Å². The van der Waals surface area contributed by atoms with Crippen molar-refractivity contribution in [3.63, 3.8) is 0 Å². The Hall–Kier alpha value is -3.07. The topological polar surface area (TPSA) is 30.8 Å². The summed E-state index contributed by atoms with van der Waals surface area (Å²) in [5, 5.41) is 0. The molecule has 0 aliphatic carbocycles. The zero-order valence-electron chi connectivity index (χ0n) is 14.4. The summed E-state index contributed by atoms with van der Waals surface area (Å²) in [7, 11) is 0. The minimum atomic E-state index is 0.181. The standard InChI is InChI=1S/C23H19NO2/c1-2-9-24-14-20(3-1)17-4-5-18-12-21(15-26-23(18)13-17)16-6-7-22-19(11-16)8-10-25-22/h1-7,9,11-14,20H,8,10,15H2. The van der Waals surface area contributed by atoms with Crippen LogP contribution in [0.3, 0.4) is 0 Å². The Bertz CT molecular complexity index is 966. The molecule has 0 saturated heterocycles. The largest absolute Gasteiger partial charge is 0.493 e. The highest BCUT2D eigenvalue weighted by atomic mass is 16.5. The number of nitrogens with zero attached hydrogens (tertiary/aromatic N) is 1. The lowest BCUT2D eigenvalue weighted by molar-refractivity contribution is 0.356. The number of aliphatic imine (C=N–C) groups is 1. The molecule has 0 aromatic heterocycles. The summed E-state index contributed by atoms with van der Waals surface area (Å²) in [6, 6.07) is 12.9. The second-order valence-electron chi connectivity index (χ2n) is 6.73. The van der Waals surface area contributed by atoms with Gasteiger partial charge in [0.15, 0.2) is 0 Å². The summed E-state index contributed by atoms with van der Waals surface area (Å²) in [4.78, 5) is 4.29. The summed E-state index contributed by atoms with van der Waals surface area (Å²) < 4.78 is 11.7. The lowest BCUT2D eigenvalue weighted by Crippen LogP contribution is -2.08. The Kier molecular flexibility index (Phi) is 3.71. The molecule has 26 heavy (non-hydrogen) atoms. The van der Waals surface area contributed by atoms with Crippen molar-refractivity contribution in [1.29, 1.82) is 0 Å². The highest BCUT2D eigenvalue weighted by Crippen LogP contribution is 2.35. The van der Waals surface area contributed by atoms with Crippen LogP contribution < -0.4 is 9.47 Å². The lowest BCUT2D eigenvalue weighted by Gasteiger charge is -2.20. The van der Waals surface area contributed by atoms with Gasteiger partial charge in [0, 0.05) is 30.3 Å². The van der Waals surface area contributed by atoms with Crippen molar-refractivity contribution in [1.82, 2.24) is 0 Å². The number of rotatable bonds is 2. The Balaban J connectivity index is 1.46. The smallest absolute Gasteiger partial charge is 0.127 e. The third-order valence-electron chi connectivity index (χ3n) is 5.04. The summed E-state index contributed by atoms with van der Waals surface area (Å²) in [5.41, 5.74) is 6.03. The Labute approximate surface area is 153 Å². The van der Waals surface area contributed by atoms with Gasteiger partial charge in [-0.1, -0.05) is 30.4 Å². The second kappa shape index (κ2) is 6.34. The zero-order valence-corrected chi connectivity index (χ0v) is 14.4. The molecule has 0 amide bonds. The van der Waals surface area contributed by atoms with Crippen molar-refractivity contribution >= 4 is 17.9 Å². The minimum absolute atomic E-state index is 0.181. The van der Waals surface area contributed by atoms with Gasteiger partial charge < -0.3 is 9.47 Å². The molecule has 0 saturated carbocycles. The summed E-state index contributed by atoms with van der Waals surface area (Å²) >= 11 is 0. The predicted molar refractivity (Wildman–Crippen MR) is 105 cm³/mol. The van der Waals surface area contributed by atoms with Crippen LogP contribution in [0.25, 0.3) is 11.6 Å². The molecule has 2 aromatic carbocycles. The monoisotopic (exact) mass is 341 g/mol. The molecule has 3 nitrogen and oxygen atoms in total. The first-order chi connectivity index (χ1) is 12.9. The summed E-state index contributed by atoms with van der Waals surface area (Å²) in [5.74, 6) is 2.14. The fourth-order valence-electron chi connectivity index (χ4n) is 3.61. The number of ether oxygens (including phenoxy) is 2. The van der Waals surface area contributed by atoms with E-state index in [-0.39, 0.29) is 5.92 Å². The average Bonchev–Trinajstić information content (AvgIpc) is 2.99. The van der Waals surface area contributed by atoms with Crippen LogP contribution in [0, 0.1) is 0 Å². The van der Waals surface area contributed by atoms with Crippen molar-refractivity contribution in [2.24, 2.45) is 4.99 Å². The second-order valence-corrected chi connectivity index (χ2v) is 6.73. The molecular formula is C23H19NO2. The normalized spacial score (nSPS) is 19.8. The maximum absolute atomic E-state index is 6.09. The molecule has 0 spiro atoms. The van der Waals surface area contributed by atoms with Crippen LogP contribution in [0.4, 0.5) is 0 Å². The fraction of sp³-hybridized carbons (Fsp3) is 0.174. The Morgan fingerprint density at radius 2 is 1.96 bits per heavy atom. The first-order valence-corrected chi connectivity index (χ1v) is 8.97. The van der Waals surface area contributed by atoms with Crippen molar-refractivity contribution in [2.45, 2.75) is 12.3 Å². The van der Waals surface area contributed by atoms with Gasteiger partial charge in [0.25, 0.3) is 0 Å². The number of allylic oxidation sites excluding steroid dienone is 3. The zero-order chi connectivity index (χ0) is 17.3. The van der Waals surface area contributed by atoms with Crippen molar-refractivity contribution in [3.8, 4) is 11.5 Å². The molecule has 0 radical (unpaired) electrons. The average molecular weight is 341 g/mol. The van der Waals surface area contributed by atoms with Crippen LogP contribution in [0.2, 0.25) is 0 Å². The van der Waals surface area contributed by atoms with Gasteiger partial charge in [0.1, 0.15) is 18.1 Å². The van der Waals surface area contributed by atoms with E-state index in [1.807, 2.05) is 24.6 Å². The van der Waals surface area contributed by atoms with Crippen LogP contribution in [-0.4, -0.2) is 19.4 Å². The van der Waals surface area contributed by atoms with Crippen LogP contribution in [-0.2, 0) is 6.42 Å². The van der Waals surface area contributed by atoms with Gasteiger partial charge in [0.2, 0.25) is 0 Å². The van der Waals surface area contributed by atoms with Crippen molar-refractivity contribution < 1.29 is 9.47 Å². The molecular weight excluding hydrogens is 322 g/mol. The highest BCUT2D eigenvalue weighted by Gasteiger charge is 2.18. The van der Waals surface area contributed by atoms with E-state index in [9.17, 15) is 0 Å². The van der Waals surface area contributed by atoms with Crippen molar-refractivity contribution in [2.75, 3.05) is 13.2 Å². The molecule has 1 unspecified atom stereocenters. The molecule has 2 aromatic rings. The number of fused-ring (bicyclic) bond motifs is 2. The molecule has 1 atom stereocenters.